The minimum Gasteiger partial charge on any atom is -0.481 e. The molecule has 0 bridgehead atoms. The van der Waals surface area contributed by atoms with E-state index >= 15 is 0 Å². The number of pyridine rings is 2. The summed E-state index contributed by atoms with van der Waals surface area (Å²) in [7, 11) is 1.54. The van der Waals surface area contributed by atoms with Crippen LogP contribution in [0.5, 0.6) is 11.8 Å². The number of rotatable bonds is 6. The molecular weight excluding hydrogens is 358 g/mol. The molecule has 0 saturated carbocycles. The van der Waals surface area contributed by atoms with Gasteiger partial charge in [-0.15, -0.1) is 0 Å². The van der Waals surface area contributed by atoms with Crippen LogP contribution < -0.4 is 14.8 Å². The summed E-state index contributed by atoms with van der Waals surface area (Å²) in [6, 6.07) is 5.17. The van der Waals surface area contributed by atoms with Gasteiger partial charge in [-0.3, -0.25) is 4.79 Å². The molecule has 1 aliphatic rings. The highest BCUT2D eigenvalue weighted by Gasteiger charge is 2.18. The lowest BCUT2D eigenvalue weighted by Crippen LogP contribution is -2.26. The molecule has 138 valence electrons. The number of aromatic nitrogens is 2. The standard InChI is InChI=1S/C18H20ClN3O4/c1-24-17-12(3-2-6-20-17)10-21-16(23)13-9-15(19)18(22-11-13)26-14-4-7-25-8-5-14/h2-3,6,9,11,14H,4-5,7-8,10H2,1H3,(H,21,23). The molecule has 1 aliphatic heterocycles. The van der Waals surface area contributed by atoms with Crippen LogP contribution in [0.3, 0.4) is 0 Å². The predicted octanol–water partition coefficient (Wildman–Crippen LogP) is 2.63. The topological polar surface area (TPSA) is 82.6 Å². The van der Waals surface area contributed by atoms with Crippen molar-refractivity contribution in [3.8, 4) is 11.8 Å². The zero-order chi connectivity index (χ0) is 18.4. The number of nitrogens with zero attached hydrogens (tertiary/aromatic N) is 2. The fraction of sp³-hybridized carbons (Fsp3) is 0.389. The van der Waals surface area contributed by atoms with Gasteiger partial charge in [0, 0.05) is 37.3 Å². The number of carbonyl (C=O) groups is 1. The molecule has 0 aliphatic carbocycles. The molecule has 0 aromatic carbocycles. The highest BCUT2D eigenvalue weighted by molar-refractivity contribution is 6.32. The quantitative estimate of drug-likeness (QED) is 0.833. The second-order valence-electron chi connectivity index (χ2n) is 5.80. The van der Waals surface area contributed by atoms with Crippen molar-refractivity contribution in [3.05, 3.63) is 46.7 Å². The van der Waals surface area contributed by atoms with Crippen molar-refractivity contribution in [2.45, 2.75) is 25.5 Å². The lowest BCUT2D eigenvalue weighted by atomic mass is 10.1. The van der Waals surface area contributed by atoms with Crippen LogP contribution in [-0.2, 0) is 11.3 Å². The average molecular weight is 378 g/mol. The number of halogens is 1. The molecule has 0 spiro atoms. The molecule has 7 nitrogen and oxygen atoms in total. The normalized spacial score (nSPS) is 14.7. The van der Waals surface area contributed by atoms with Gasteiger partial charge in [0.2, 0.25) is 11.8 Å². The van der Waals surface area contributed by atoms with E-state index in [1.165, 1.54) is 13.3 Å². The third kappa shape index (κ3) is 4.62. The van der Waals surface area contributed by atoms with Gasteiger partial charge in [-0.05, 0) is 12.1 Å². The fourth-order valence-electron chi connectivity index (χ4n) is 2.61. The van der Waals surface area contributed by atoms with Gasteiger partial charge in [0.25, 0.3) is 5.91 Å². The van der Waals surface area contributed by atoms with Crippen molar-refractivity contribution < 1.29 is 19.0 Å². The van der Waals surface area contributed by atoms with Crippen LogP contribution in [0.2, 0.25) is 5.02 Å². The molecule has 2 aromatic heterocycles. The van der Waals surface area contributed by atoms with Gasteiger partial charge in [-0.25, -0.2) is 9.97 Å². The second kappa shape index (κ2) is 8.82. The monoisotopic (exact) mass is 377 g/mol. The van der Waals surface area contributed by atoms with Crippen molar-refractivity contribution in [1.82, 2.24) is 15.3 Å². The summed E-state index contributed by atoms with van der Waals surface area (Å²) in [5.41, 5.74) is 1.14. The van der Waals surface area contributed by atoms with Gasteiger partial charge >= 0.3 is 0 Å². The van der Waals surface area contributed by atoms with Crippen LogP contribution in [0.4, 0.5) is 0 Å². The molecule has 1 fully saturated rings. The molecule has 2 aromatic rings. The molecule has 26 heavy (non-hydrogen) atoms. The van der Waals surface area contributed by atoms with Gasteiger partial charge in [0.05, 0.1) is 25.9 Å². The summed E-state index contributed by atoms with van der Waals surface area (Å²) in [5, 5.41) is 3.11. The Kier molecular flexibility index (Phi) is 6.25. The predicted molar refractivity (Wildman–Crippen MR) is 95.7 cm³/mol. The first-order valence-electron chi connectivity index (χ1n) is 8.33. The number of ether oxygens (including phenoxy) is 3. The summed E-state index contributed by atoms with van der Waals surface area (Å²) in [5.74, 6) is 0.524. The molecule has 0 unspecified atom stereocenters. The van der Waals surface area contributed by atoms with Gasteiger partial charge in [0.1, 0.15) is 11.1 Å². The Hall–Kier alpha value is -2.38. The van der Waals surface area contributed by atoms with E-state index in [-0.39, 0.29) is 18.6 Å². The number of methoxy groups -OCH3 is 1. The van der Waals surface area contributed by atoms with E-state index in [0.29, 0.717) is 35.6 Å². The first-order valence-corrected chi connectivity index (χ1v) is 8.71. The minimum atomic E-state index is -0.289. The Morgan fingerprint density at radius 2 is 2.15 bits per heavy atom. The SMILES string of the molecule is COc1ncccc1CNC(=O)c1cnc(OC2CCOCC2)c(Cl)c1. The van der Waals surface area contributed by atoms with E-state index in [9.17, 15) is 4.79 Å². The zero-order valence-electron chi connectivity index (χ0n) is 14.4. The number of nitrogens with one attached hydrogen (secondary N) is 1. The zero-order valence-corrected chi connectivity index (χ0v) is 15.2. The van der Waals surface area contributed by atoms with Crippen molar-refractivity contribution in [2.24, 2.45) is 0 Å². The molecular formula is C18H20ClN3O4. The van der Waals surface area contributed by atoms with Crippen LogP contribution in [0.1, 0.15) is 28.8 Å². The van der Waals surface area contributed by atoms with E-state index in [0.717, 1.165) is 18.4 Å². The van der Waals surface area contributed by atoms with Crippen LogP contribution in [0, 0.1) is 0 Å². The Bertz CT molecular complexity index is 766. The average Bonchev–Trinajstić information content (AvgIpc) is 2.68. The fourth-order valence-corrected chi connectivity index (χ4v) is 2.82. The Morgan fingerprint density at radius 1 is 1.35 bits per heavy atom. The summed E-state index contributed by atoms with van der Waals surface area (Å²) >= 11 is 6.23. The molecule has 3 heterocycles. The number of carbonyl (C=O) groups excluding carboxylic acids is 1. The van der Waals surface area contributed by atoms with Gasteiger partial charge in [0.15, 0.2) is 0 Å². The third-order valence-electron chi connectivity index (χ3n) is 4.00. The Labute approximate surface area is 156 Å². The van der Waals surface area contributed by atoms with Gasteiger partial charge in [-0.1, -0.05) is 17.7 Å². The smallest absolute Gasteiger partial charge is 0.253 e. The summed E-state index contributed by atoms with van der Waals surface area (Å²) in [6.45, 7) is 1.62. The largest absolute Gasteiger partial charge is 0.481 e. The van der Waals surface area contributed by atoms with Gasteiger partial charge < -0.3 is 19.5 Å². The first kappa shape index (κ1) is 18.4. The Balaban J connectivity index is 1.61. The van der Waals surface area contributed by atoms with Gasteiger partial charge in [-0.2, -0.15) is 0 Å². The lowest BCUT2D eigenvalue weighted by Gasteiger charge is -2.23. The van der Waals surface area contributed by atoms with Crippen molar-refractivity contribution in [2.75, 3.05) is 20.3 Å². The highest BCUT2D eigenvalue weighted by atomic mass is 35.5. The molecule has 1 saturated heterocycles. The lowest BCUT2D eigenvalue weighted by molar-refractivity contribution is 0.0238. The van der Waals surface area contributed by atoms with Crippen LogP contribution in [0.25, 0.3) is 0 Å². The van der Waals surface area contributed by atoms with Crippen LogP contribution >= 0.6 is 11.6 Å². The number of hydrogen-bond acceptors (Lipinski definition) is 6. The summed E-state index contributed by atoms with van der Waals surface area (Å²) < 4.78 is 16.3. The van der Waals surface area contributed by atoms with E-state index in [2.05, 4.69) is 15.3 Å². The Morgan fingerprint density at radius 3 is 2.88 bits per heavy atom. The van der Waals surface area contributed by atoms with Crippen LogP contribution in [-0.4, -0.2) is 42.3 Å². The maximum atomic E-state index is 12.3. The maximum absolute atomic E-state index is 12.3. The molecule has 0 atom stereocenters. The van der Waals surface area contributed by atoms with E-state index in [1.54, 1.807) is 18.3 Å². The van der Waals surface area contributed by atoms with Crippen molar-refractivity contribution in [3.63, 3.8) is 0 Å². The minimum absolute atomic E-state index is 0.0338. The molecule has 1 N–H and O–H groups in total. The summed E-state index contributed by atoms with van der Waals surface area (Å²) in [4.78, 5) is 20.6. The molecule has 0 radical (unpaired) electrons. The van der Waals surface area contributed by atoms with E-state index in [1.807, 2.05) is 6.07 Å². The number of hydrogen-bond donors (Lipinski definition) is 1. The molecule has 8 heteroatoms. The van der Waals surface area contributed by atoms with Crippen LogP contribution in [0.15, 0.2) is 30.6 Å². The molecule has 3 rings (SSSR count). The first-order chi connectivity index (χ1) is 12.7. The molecule has 1 amide bonds. The van der Waals surface area contributed by atoms with Crippen molar-refractivity contribution in [1.29, 1.82) is 0 Å². The third-order valence-corrected chi connectivity index (χ3v) is 4.27. The summed E-state index contributed by atoms with van der Waals surface area (Å²) in [6.07, 6.45) is 4.72. The number of amides is 1. The van der Waals surface area contributed by atoms with E-state index < -0.39 is 0 Å². The van der Waals surface area contributed by atoms with E-state index in [4.69, 9.17) is 25.8 Å². The second-order valence-corrected chi connectivity index (χ2v) is 6.20. The maximum Gasteiger partial charge on any atom is 0.253 e. The highest BCUT2D eigenvalue weighted by Crippen LogP contribution is 2.25. The van der Waals surface area contributed by atoms with Crippen molar-refractivity contribution >= 4 is 17.5 Å².